The summed E-state index contributed by atoms with van der Waals surface area (Å²) in [6, 6.07) is 7.77. The highest BCUT2D eigenvalue weighted by Gasteiger charge is 2.33. The minimum absolute atomic E-state index is 0.0297. The molecule has 5 nitrogen and oxygen atoms in total. The van der Waals surface area contributed by atoms with Crippen LogP contribution in [0.2, 0.25) is 0 Å². The Labute approximate surface area is 144 Å². The Kier molecular flexibility index (Phi) is 7.26. The van der Waals surface area contributed by atoms with Gasteiger partial charge in [0, 0.05) is 12.0 Å². The van der Waals surface area contributed by atoms with Gasteiger partial charge in [-0.05, 0) is 36.8 Å². The van der Waals surface area contributed by atoms with Gasteiger partial charge in [-0.3, -0.25) is 9.59 Å². The normalized spacial score (nSPS) is 14.8. The number of carboxylic acid groups (broad SMARTS) is 1. The number of amides is 1. The molecule has 0 aliphatic rings. The third-order valence-corrected chi connectivity index (χ3v) is 4.51. The van der Waals surface area contributed by atoms with E-state index in [0.717, 1.165) is 17.7 Å². The van der Waals surface area contributed by atoms with Crippen LogP contribution < -0.4 is 10.1 Å². The molecule has 0 fully saturated rings. The molecular formula is C19H29NO4. The van der Waals surface area contributed by atoms with Crippen molar-refractivity contribution in [3.63, 3.8) is 0 Å². The molecule has 0 aromatic heterocycles. The highest BCUT2D eigenvalue weighted by molar-refractivity contribution is 5.78. The summed E-state index contributed by atoms with van der Waals surface area (Å²) in [5.41, 5.74) is 0.324. The smallest absolute Gasteiger partial charge is 0.305 e. The monoisotopic (exact) mass is 335 g/mol. The maximum Gasteiger partial charge on any atom is 0.305 e. The van der Waals surface area contributed by atoms with Crippen molar-refractivity contribution in [2.75, 3.05) is 7.11 Å². The number of methoxy groups -OCH3 is 1. The van der Waals surface area contributed by atoms with Crippen molar-refractivity contribution >= 4 is 11.9 Å². The highest BCUT2D eigenvalue weighted by atomic mass is 16.5. The Balaban J connectivity index is 2.67. The minimum Gasteiger partial charge on any atom is -0.496 e. The number of ether oxygens (including phenoxy) is 1. The number of rotatable bonds is 9. The molecule has 2 atom stereocenters. The van der Waals surface area contributed by atoms with Gasteiger partial charge in [0.2, 0.25) is 5.91 Å². The van der Waals surface area contributed by atoms with Gasteiger partial charge in [-0.15, -0.1) is 0 Å². The lowest BCUT2D eigenvalue weighted by Gasteiger charge is -2.34. The Hall–Kier alpha value is -2.04. The van der Waals surface area contributed by atoms with Crippen LogP contribution in [-0.4, -0.2) is 29.6 Å². The number of hydrogen-bond donors (Lipinski definition) is 2. The van der Waals surface area contributed by atoms with Crippen LogP contribution in [0.3, 0.4) is 0 Å². The molecule has 0 radical (unpaired) electrons. The first kappa shape index (κ1) is 20.0. The molecule has 134 valence electrons. The van der Waals surface area contributed by atoms with E-state index in [-0.39, 0.29) is 24.2 Å². The van der Waals surface area contributed by atoms with E-state index in [1.807, 2.05) is 45.0 Å². The Morgan fingerprint density at radius 1 is 1.25 bits per heavy atom. The second kappa shape index (κ2) is 8.71. The zero-order chi connectivity index (χ0) is 18.3. The molecular weight excluding hydrogens is 306 g/mol. The van der Waals surface area contributed by atoms with Crippen LogP contribution in [0.15, 0.2) is 24.3 Å². The van der Waals surface area contributed by atoms with E-state index >= 15 is 0 Å². The first-order valence-corrected chi connectivity index (χ1v) is 8.32. The average Bonchev–Trinajstić information content (AvgIpc) is 2.46. The molecule has 2 unspecified atom stereocenters. The maximum absolute atomic E-state index is 12.4. The maximum atomic E-state index is 12.4. The van der Waals surface area contributed by atoms with Gasteiger partial charge in [-0.2, -0.15) is 0 Å². The molecule has 0 spiro atoms. The van der Waals surface area contributed by atoms with Gasteiger partial charge in [0.15, 0.2) is 0 Å². The Morgan fingerprint density at radius 2 is 1.88 bits per heavy atom. The van der Waals surface area contributed by atoms with Crippen molar-refractivity contribution in [2.45, 2.75) is 52.5 Å². The molecule has 2 N–H and O–H groups in total. The van der Waals surface area contributed by atoms with Crippen LogP contribution in [0, 0.1) is 11.8 Å². The fourth-order valence-electron chi connectivity index (χ4n) is 2.71. The standard InChI is InChI=1S/C19H29NO4/c1-13(2)19(4,12-18(22)23)20-17(21)11-14(3)10-15-8-6-7-9-16(15)24-5/h6-9,13-14H,10-12H2,1-5H3,(H,20,21)(H,22,23). The van der Waals surface area contributed by atoms with E-state index in [1.54, 1.807) is 14.0 Å². The number of nitrogens with one attached hydrogen (secondary N) is 1. The van der Waals surface area contributed by atoms with Crippen molar-refractivity contribution in [1.29, 1.82) is 0 Å². The molecule has 1 aromatic rings. The van der Waals surface area contributed by atoms with Crippen LogP contribution >= 0.6 is 0 Å². The second-order valence-corrected chi connectivity index (χ2v) is 7.02. The number of hydrogen-bond acceptors (Lipinski definition) is 3. The summed E-state index contributed by atoms with van der Waals surface area (Å²) in [6.07, 6.45) is 0.992. The molecule has 1 amide bonds. The van der Waals surface area contributed by atoms with Gasteiger partial charge >= 0.3 is 5.97 Å². The number of benzene rings is 1. The van der Waals surface area contributed by atoms with E-state index in [2.05, 4.69) is 5.32 Å². The molecule has 0 saturated carbocycles. The zero-order valence-electron chi connectivity index (χ0n) is 15.3. The number of para-hydroxylation sites is 1. The Morgan fingerprint density at radius 3 is 2.42 bits per heavy atom. The topological polar surface area (TPSA) is 75.6 Å². The zero-order valence-corrected chi connectivity index (χ0v) is 15.3. The van der Waals surface area contributed by atoms with E-state index < -0.39 is 11.5 Å². The van der Waals surface area contributed by atoms with E-state index in [1.165, 1.54) is 0 Å². The SMILES string of the molecule is COc1ccccc1CC(C)CC(=O)NC(C)(CC(=O)O)C(C)C. The molecule has 1 rings (SSSR count). The molecule has 0 heterocycles. The summed E-state index contributed by atoms with van der Waals surface area (Å²) in [4.78, 5) is 23.4. The predicted molar refractivity (Wildman–Crippen MR) is 94.1 cm³/mol. The van der Waals surface area contributed by atoms with Gasteiger partial charge in [-0.1, -0.05) is 39.0 Å². The summed E-state index contributed by atoms with van der Waals surface area (Å²) in [6.45, 7) is 7.63. The third kappa shape index (κ3) is 5.87. The van der Waals surface area contributed by atoms with Crippen molar-refractivity contribution in [3.8, 4) is 5.75 Å². The van der Waals surface area contributed by atoms with Gasteiger partial charge in [0.05, 0.1) is 13.5 Å². The summed E-state index contributed by atoms with van der Waals surface area (Å²) in [5.74, 6) is -0.0457. The number of carboxylic acids is 1. The Bertz CT molecular complexity index is 570. The molecule has 0 saturated heterocycles. The molecule has 5 heteroatoms. The first-order chi connectivity index (χ1) is 11.2. The average molecular weight is 335 g/mol. The second-order valence-electron chi connectivity index (χ2n) is 7.02. The predicted octanol–water partition coefficient (Wildman–Crippen LogP) is 3.27. The fraction of sp³-hybridized carbons (Fsp3) is 0.579. The molecule has 1 aromatic carbocycles. The van der Waals surface area contributed by atoms with E-state index in [0.29, 0.717) is 6.42 Å². The molecule has 0 aliphatic carbocycles. The van der Waals surface area contributed by atoms with Crippen molar-refractivity contribution in [2.24, 2.45) is 11.8 Å². The van der Waals surface area contributed by atoms with Crippen LogP contribution in [-0.2, 0) is 16.0 Å². The highest BCUT2D eigenvalue weighted by Crippen LogP contribution is 2.24. The van der Waals surface area contributed by atoms with Gasteiger partial charge in [-0.25, -0.2) is 0 Å². The lowest BCUT2D eigenvalue weighted by molar-refractivity contribution is -0.139. The molecule has 0 bridgehead atoms. The summed E-state index contributed by atoms with van der Waals surface area (Å²) in [7, 11) is 1.64. The molecule has 24 heavy (non-hydrogen) atoms. The fourth-order valence-corrected chi connectivity index (χ4v) is 2.71. The first-order valence-electron chi connectivity index (χ1n) is 8.32. The van der Waals surface area contributed by atoms with Crippen LogP contribution in [0.1, 0.15) is 46.1 Å². The summed E-state index contributed by atoms with van der Waals surface area (Å²) in [5, 5.41) is 12.0. The largest absolute Gasteiger partial charge is 0.496 e. The van der Waals surface area contributed by atoms with E-state index in [4.69, 9.17) is 9.84 Å². The van der Waals surface area contributed by atoms with Crippen LogP contribution in [0.5, 0.6) is 5.75 Å². The minimum atomic E-state index is -0.909. The quantitative estimate of drug-likeness (QED) is 0.726. The summed E-state index contributed by atoms with van der Waals surface area (Å²) >= 11 is 0. The lowest BCUT2D eigenvalue weighted by atomic mass is 9.84. The van der Waals surface area contributed by atoms with Crippen molar-refractivity contribution in [1.82, 2.24) is 5.32 Å². The third-order valence-electron chi connectivity index (χ3n) is 4.51. The summed E-state index contributed by atoms with van der Waals surface area (Å²) < 4.78 is 5.34. The number of aliphatic carboxylic acids is 1. The van der Waals surface area contributed by atoms with Gasteiger partial charge in [0.25, 0.3) is 0 Å². The van der Waals surface area contributed by atoms with Crippen molar-refractivity contribution < 1.29 is 19.4 Å². The van der Waals surface area contributed by atoms with Gasteiger partial charge in [0.1, 0.15) is 5.75 Å². The number of carbonyl (C=O) groups excluding carboxylic acids is 1. The lowest BCUT2D eigenvalue weighted by Crippen LogP contribution is -2.51. The molecule has 0 aliphatic heterocycles. The van der Waals surface area contributed by atoms with Gasteiger partial charge < -0.3 is 15.2 Å². The van der Waals surface area contributed by atoms with Crippen molar-refractivity contribution in [3.05, 3.63) is 29.8 Å². The number of carbonyl (C=O) groups is 2. The van der Waals surface area contributed by atoms with Crippen LogP contribution in [0.25, 0.3) is 0 Å². The van der Waals surface area contributed by atoms with Crippen LogP contribution in [0.4, 0.5) is 0 Å². The van der Waals surface area contributed by atoms with E-state index in [9.17, 15) is 9.59 Å².